The number of carbonyl (C=O) groups excluding carboxylic acids is 1. The van der Waals surface area contributed by atoms with E-state index in [4.69, 9.17) is 61.6 Å². The van der Waals surface area contributed by atoms with Gasteiger partial charge in [0.1, 0.15) is 6.61 Å². The normalized spacial score (nSPS) is 11.4. The van der Waals surface area contributed by atoms with Crippen LogP contribution >= 0.6 is 0 Å². The first-order chi connectivity index (χ1) is 24.8. The maximum absolute atomic E-state index is 11.7. The number of ether oxygens (including phenoxy) is 13. The topological polar surface area (TPSA) is 137 Å². The van der Waals surface area contributed by atoms with Crippen LogP contribution in [0.25, 0.3) is 0 Å². The summed E-state index contributed by atoms with van der Waals surface area (Å²) in [6.45, 7) is 18.1. The van der Waals surface area contributed by atoms with Crippen LogP contribution in [0.2, 0.25) is 0 Å². The number of hydrogen-bond acceptors (Lipinski definition) is 14. The fourth-order valence-electron chi connectivity index (χ4n) is 3.92. The van der Waals surface area contributed by atoms with Crippen molar-refractivity contribution in [2.24, 2.45) is 0 Å². The molecule has 0 amide bonds. The maximum atomic E-state index is 11.7. The minimum atomic E-state index is -0.145. The second-order valence-electron chi connectivity index (χ2n) is 10.8. The van der Waals surface area contributed by atoms with E-state index < -0.39 is 0 Å². The summed E-state index contributed by atoms with van der Waals surface area (Å²) in [5.74, 6) is -0.145. The van der Waals surface area contributed by atoms with Gasteiger partial charge in [-0.05, 0) is 6.42 Å². The zero-order chi connectivity index (χ0) is 36.1. The molecule has 0 aromatic rings. The highest BCUT2D eigenvalue weighted by molar-refractivity contribution is 5.69. The van der Waals surface area contributed by atoms with Crippen molar-refractivity contribution in [3.63, 3.8) is 0 Å². The fourth-order valence-corrected chi connectivity index (χ4v) is 3.92. The fraction of sp³-hybridized carbons (Fsp3) is 0.917. The summed E-state index contributed by atoms with van der Waals surface area (Å²) in [6, 6.07) is 0. The van der Waals surface area contributed by atoms with Crippen LogP contribution in [-0.4, -0.2) is 171 Å². The van der Waals surface area contributed by atoms with Crippen LogP contribution < -0.4 is 0 Å². The van der Waals surface area contributed by atoms with Gasteiger partial charge in [-0.1, -0.05) is 45.1 Å². The molecule has 0 bridgehead atoms. The van der Waals surface area contributed by atoms with Gasteiger partial charge in [0.25, 0.3) is 0 Å². The molecular formula is C36H70O14. The molecule has 14 nitrogen and oxygen atoms in total. The van der Waals surface area contributed by atoms with E-state index in [-0.39, 0.29) is 12.6 Å². The highest BCUT2D eigenvalue weighted by Crippen LogP contribution is 2.07. The van der Waals surface area contributed by atoms with Gasteiger partial charge in [-0.15, -0.1) is 6.58 Å². The molecule has 0 aliphatic heterocycles. The van der Waals surface area contributed by atoms with Gasteiger partial charge < -0.3 is 61.6 Å². The van der Waals surface area contributed by atoms with Crippen LogP contribution in [0, 0.1) is 0 Å². The molecule has 0 saturated heterocycles. The van der Waals surface area contributed by atoms with Gasteiger partial charge in [-0.25, -0.2) is 0 Å². The van der Waals surface area contributed by atoms with Gasteiger partial charge in [0, 0.05) is 6.42 Å². The Morgan fingerprint density at radius 2 is 0.640 bits per heavy atom. The molecule has 0 aliphatic carbocycles. The van der Waals surface area contributed by atoms with E-state index in [2.05, 4.69) is 13.5 Å². The SMILES string of the molecule is C=CCOCCOCCOCCOCCOCCOCCOCCOCCOCCOCCOCCOCCOC(=O)CCCCCCCC. The lowest BCUT2D eigenvalue weighted by Crippen LogP contribution is -2.15. The molecule has 0 heterocycles. The van der Waals surface area contributed by atoms with Gasteiger partial charge in [0.15, 0.2) is 0 Å². The minimum Gasteiger partial charge on any atom is -0.463 e. The van der Waals surface area contributed by atoms with Crippen LogP contribution in [0.15, 0.2) is 12.7 Å². The predicted molar refractivity (Wildman–Crippen MR) is 189 cm³/mol. The quantitative estimate of drug-likeness (QED) is 0.0513. The molecule has 14 heteroatoms. The van der Waals surface area contributed by atoms with Crippen molar-refractivity contribution in [2.75, 3.05) is 165 Å². The van der Waals surface area contributed by atoms with Gasteiger partial charge in [-0.2, -0.15) is 0 Å². The molecule has 298 valence electrons. The Labute approximate surface area is 301 Å². The molecule has 0 atom stereocenters. The zero-order valence-corrected chi connectivity index (χ0v) is 31.1. The molecule has 0 rings (SSSR count). The van der Waals surface area contributed by atoms with Crippen molar-refractivity contribution in [1.29, 1.82) is 0 Å². The van der Waals surface area contributed by atoms with Crippen molar-refractivity contribution >= 4 is 5.97 Å². The summed E-state index contributed by atoms with van der Waals surface area (Å²) in [5, 5.41) is 0. The summed E-state index contributed by atoms with van der Waals surface area (Å²) in [4.78, 5) is 11.7. The first-order valence-corrected chi connectivity index (χ1v) is 18.5. The molecule has 0 saturated carbocycles. The standard InChI is InChI=1S/C36H70O14/c1-3-5-6-7-8-9-10-36(37)50-35-34-49-33-32-48-31-30-47-29-28-46-27-26-45-25-24-44-23-22-43-21-20-42-19-18-41-17-16-40-15-14-39-13-12-38-11-4-2/h4H,2-3,5-35H2,1H3. The summed E-state index contributed by atoms with van der Waals surface area (Å²) in [7, 11) is 0. The second kappa shape index (κ2) is 45.8. The molecule has 0 fully saturated rings. The molecule has 0 aromatic heterocycles. The average Bonchev–Trinajstić information content (AvgIpc) is 3.12. The van der Waals surface area contributed by atoms with E-state index in [9.17, 15) is 4.79 Å². The Balaban J connectivity index is 3.09. The summed E-state index contributed by atoms with van der Waals surface area (Å²) in [5.41, 5.74) is 0. The summed E-state index contributed by atoms with van der Waals surface area (Å²) in [6.07, 6.45) is 9.12. The van der Waals surface area contributed by atoms with Gasteiger partial charge >= 0.3 is 5.97 Å². The molecule has 0 unspecified atom stereocenters. The predicted octanol–water partition coefficient (Wildman–Crippen LogP) is 3.67. The molecular weight excluding hydrogens is 656 g/mol. The third kappa shape index (κ3) is 44.8. The largest absolute Gasteiger partial charge is 0.463 e. The molecule has 0 aliphatic rings. The molecule has 0 aromatic carbocycles. The van der Waals surface area contributed by atoms with Gasteiger partial charge in [0.05, 0.1) is 159 Å². The lowest BCUT2D eigenvalue weighted by Gasteiger charge is -2.09. The first-order valence-electron chi connectivity index (χ1n) is 18.5. The van der Waals surface area contributed by atoms with Crippen molar-refractivity contribution in [1.82, 2.24) is 0 Å². The number of hydrogen-bond donors (Lipinski definition) is 0. The Hall–Kier alpha value is -1.27. The third-order valence-corrected chi connectivity index (χ3v) is 6.55. The number of esters is 1. The van der Waals surface area contributed by atoms with Gasteiger partial charge in [-0.3, -0.25) is 4.79 Å². The monoisotopic (exact) mass is 726 g/mol. The minimum absolute atomic E-state index is 0.145. The Bertz CT molecular complexity index is 658. The van der Waals surface area contributed by atoms with Crippen molar-refractivity contribution in [3.05, 3.63) is 12.7 Å². The molecule has 0 spiro atoms. The van der Waals surface area contributed by atoms with Crippen LogP contribution in [0.1, 0.15) is 51.9 Å². The van der Waals surface area contributed by atoms with Crippen molar-refractivity contribution < 1.29 is 66.4 Å². The Kier molecular flexibility index (Phi) is 44.6. The highest BCUT2D eigenvalue weighted by atomic mass is 16.6. The van der Waals surface area contributed by atoms with Crippen LogP contribution in [0.3, 0.4) is 0 Å². The van der Waals surface area contributed by atoms with E-state index in [0.717, 1.165) is 12.8 Å². The number of unbranched alkanes of at least 4 members (excludes halogenated alkanes) is 5. The molecule has 50 heavy (non-hydrogen) atoms. The second-order valence-corrected chi connectivity index (χ2v) is 10.8. The zero-order valence-electron chi connectivity index (χ0n) is 31.1. The van der Waals surface area contributed by atoms with Gasteiger partial charge in [0.2, 0.25) is 0 Å². The van der Waals surface area contributed by atoms with E-state index in [1.54, 1.807) is 6.08 Å². The number of carbonyl (C=O) groups is 1. The van der Waals surface area contributed by atoms with Crippen LogP contribution in [0.5, 0.6) is 0 Å². The molecule has 0 N–H and O–H groups in total. The van der Waals surface area contributed by atoms with E-state index in [1.807, 2.05) is 0 Å². The summed E-state index contributed by atoms with van der Waals surface area (Å²) >= 11 is 0. The summed E-state index contributed by atoms with van der Waals surface area (Å²) < 4.78 is 70.4. The van der Waals surface area contributed by atoms with Crippen molar-refractivity contribution in [3.8, 4) is 0 Å². The lowest BCUT2D eigenvalue weighted by atomic mass is 10.1. The highest BCUT2D eigenvalue weighted by Gasteiger charge is 2.03. The smallest absolute Gasteiger partial charge is 0.305 e. The average molecular weight is 727 g/mol. The first kappa shape index (κ1) is 48.7. The number of rotatable bonds is 45. The maximum Gasteiger partial charge on any atom is 0.305 e. The molecule has 0 radical (unpaired) electrons. The Morgan fingerprint density at radius 1 is 0.380 bits per heavy atom. The Morgan fingerprint density at radius 3 is 0.940 bits per heavy atom. The van der Waals surface area contributed by atoms with Crippen molar-refractivity contribution in [2.45, 2.75) is 51.9 Å². The van der Waals surface area contributed by atoms with Crippen LogP contribution in [-0.2, 0) is 66.4 Å². The lowest BCUT2D eigenvalue weighted by molar-refractivity contribution is -0.145. The third-order valence-electron chi connectivity index (χ3n) is 6.55. The van der Waals surface area contributed by atoms with E-state index in [1.165, 1.54) is 25.7 Å². The van der Waals surface area contributed by atoms with E-state index >= 15 is 0 Å². The van der Waals surface area contributed by atoms with Crippen LogP contribution in [0.4, 0.5) is 0 Å². The van der Waals surface area contributed by atoms with E-state index in [0.29, 0.717) is 165 Å².